The zero-order valence-corrected chi connectivity index (χ0v) is 10.3. The summed E-state index contributed by atoms with van der Waals surface area (Å²) in [4.78, 5) is 26.3. The van der Waals surface area contributed by atoms with E-state index in [4.69, 9.17) is 10.5 Å². The van der Waals surface area contributed by atoms with Crippen molar-refractivity contribution in [2.24, 2.45) is 5.73 Å². The minimum atomic E-state index is -0.571. The number of ketones is 1. The second-order valence-corrected chi connectivity index (χ2v) is 4.49. The number of rotatable bonds is 3. The summed E-state index contributed by atoms with van der Waals surface area (Å²) >= 11 is 0. The summed E-state index contributed by atoms with van der Waals surface area (Å²) < 4.78 is 5.28. The molecule has 2 N–H and O–H groups in total. The standard InChI is InChI=1S/C13H16N2O3/c1-18-12-6-11(13(14)17)15-7-10(12)8-2-4-9(16)5-3-8/h6-8H,2-5H2,1H3,(H2,14,17). The number of hydrogen-bond donors (Lipinski definition) is 1. The normalized spacial score (nSPS) is 16.6. The van der Waals surface area contributed by atoms with Crippen molar-refractivity contribution < 1.29 is 14.3 Å². The van der Waals surface area contributed by atoms with E-state index in [0.29, 0.717) is 24.4 Å². The monoisotopic (exact) mass is 248 g/mol. The molecule has 96 valence electrons. The first-order valence-corrected chi connectivity index (χ1v) is 5.97. The van der Waals surface area contributed by atoms with Crippen LogP contribution in [0.1, 0.15) is 47.7 Å². The van der Waals surface area contributed by atoms with Gasteiger partial charge in [0.1, 0.15) is 17.2 Å². The second-order valence-electron chi connectivity index (χ2n) is 4.49. The summed E-state index contributed by atoms with van der Waals surface area (Å²) in [7, 11) is 1.55. The number of ether oxygens (including phenoxy) is 1. The minimum absolute atomic E-state index is 0.197. The lowest BCUT2D eigenvalue weighted by Gasteiger charge is -2.22. The molecule has 1 heterocycles. The van der Waals surface area contributed by atoms with Gasteiger partial charge >= 0.3 is 0 Å². The van der Waals surface area contributed by atoms with Crippen molar-refractivity contribution in [2.75, 3.05) is 7.11 Å². The Morgan fingerprint density at radius 3 is 2.67 bits per heavy atom. The molecule has 0 unspecified atom stereocenters. The van der Waals surface area contributed by atoms with E-state index in [1.807, 2.05) is 0 Å². The van der Waals surface area contributed by atoms with Gasteiger partial charge in [0.2, 0.25) is 0 Å². The Morgan fingerprint density at radius 2 is 2.11 bits per heavy atom. The van der Waals surface area contributed by atoms with Gasteiger partial charge in [-0.05, 0) is 18.8 Å². The Labute approximate surface area is 105 Å². The zero-order valence-electron chi connectivity index (χ0n) is 10.3. The number of primary amides is 1. The number of aromatic nitrogens is 1. The lowest BCUT2D eigenvalue weighted by atomic mass is 9.83. The van der Waals surface area contributed by atoms with Crippen molar-refractivity contribution in [3.63, 3.8) is 0 Å². The Hall–Kier alpha value is -1.91. The van der Waals surface area contributed by atoms with Crippen LogP contribution in [-0.4, -0.2) is 23.8 Å². The van der Waals surface area contributed by atoms with E-state index in [0.717, 1.165) is 18.4 Å². The molecule has 5 heteroatoms. The maximum Gasteiger partial charge on any atom is 0.267 e. The van der Waals surface area contributed by atoms with Crippen LogP contribution in [0.5, 0.6) is 5.75 Å². The average molecular weight is 248 g/mol. The number of hydrogen-bond acceptors (Lipinski definition) is 4. The molecule has 1 fully saturated rings. The quantitative estimate of drug-likeness (QED) is 0.876. The van der Waals surface area contributed by atoms with E-state index in [-0.39, 0.29) is 11.6 Å². The third kappa shape index (κ3) is 2.50. The van der Waals surface area contributed by atoms with Gasteiger partial charge in [-0.2, -0.15) is 0 Å². The summed E-state index contributed by atoms with van der Waals surface area (Å²) in [6.45, 7) is 0. The topological polar surface area (TPSA) is 82.3 Å². The Morgan fingerprint density at radius 1 is 1.44 bits per heavy atom. The summed E-state index contributed by atoms with van der Waals surface area (Å²) in [6, 6.07) is 1.56. The Bertz CT molecular complexity index is 475. The van der Waals surface area contributed by atoms with E-state index in [2.05, 4.69) is 4.98 Å². The van der Waals surface area contributed by atoms with Crippen LogP contribution in [0.25, 0.3) is 0 Å². The molecule has 0 aromatic carbocycles. The van der Waals surface area contributed by atoms with Crippen LogP contribution in [0, 0.1) is 0 Å². The van der Waals surface area contributed by atoms with E-state index < -0.39 is 5.91 Å². The third-order valence-corrected chi connectivity index (χ3v) is 3.35. The molecule has 1 aliphatic rings. The van der Waals surface area contributed by atoms with Gasteiger partial charge in [-0.1, -0.05) is 0 Å². The van der Waals surface area contributed by atoms with Crippen LogP contribution in [0.15, 0.2) is 12.3 Å². The molecule has 1 saturated carbocycles. The van der Waals surface area contributed by atoms with Crippen molar-refractivity contribution in [1.29, 1.82) is 0 Å². The number of nitrogens with two attached hydrogens (primary N) is 1. The highest BCUT2D eigenvalue weighted by molar-refractivity contribution is 5.91. The first-order valence-electron chi connectivity index (χ1n) is 5.97. The molecule has 0 spiro atoms. The van der Waals surface area contributed by atoms with Crippen molar-refractivity contribution >= 4 is 11.7 Å². The molecular weight excluding hydrogens is 232 g/mol. The van der Waals surface area contributed by atoms with Gasteiger partial charge in [0.25, 0.3) is 5.91 Å². The van der Waals surface area contributed by atoms with Crippen molar-refractivity contribution in [3.05, 3.63) is 23.5 Å². The number of carbonyl (C=O) groups is 2. The molecule has 0 atom stereocenters. The van der Waals surface area contributed by atoms with E-state index in [9.17, 15) is 9.59 Å². The van der Waals surface area contributed by atoms with Crippen LogP contribution in [0.4, 0.5) is 0 Å². The lowest BCUT2D eigenvalue weighted by molar-refractivity contribution is -0.120. The molecule has 2 rings (SSSR count). The molecule has 1 aromatic heterocycles. The van der Waals surface area contributed by atoms with E-state index >= 15 is 0 Å². The van der Waals surface area contributed by atoms with Crippen molar-refractivity contribution in [2.45, 2.75) is 31.6 Å². The average Bonchev–Trinajstić information content (AvgIpc) is 2.39. The van der Waals surface area contributed by atoms with Gasteiger partial charge < -0.3 is 10.5 Å². The predicted octanol–water partition coefficient (Wildman–Crippen LogP) is 1.42. The number of Topliss-reactive ketones (excluding diaryl/α,β-unsaturated/α-hetero) is 1. The molecule has 1 aliphatic carbocycles. The van der Waals surface area contributed by atoms with Gasteiger partial charge in [0, 0.05) is 30.7 Å². The first-order chi connectivity index (χ1) is 8.61. The molecule has 0 saturated heterocycles. The van der Waals surface area contributed by atoms with Crippen molar-refractivity contribution in [3.8, 4) is 5.75 Å². The molecule has 0 bridgehead atoms. The van der Waals surface area contributed by atoms with Gasteiger partial charge in [0.15, 0.2) is 0 Å². The molecular formula is C13H16N2O3. The molecule has 0 radical (unpaired) electrons. The predicted molar refractivity (Wildman–Crippen MR) is 65.5 cm³/mol. The van der Waals surface area contributed by atoms with Gasteiger partial charge in [-0.15, -0.1) is 0 Å². The fourth-order valence-electron chi connectivity index (χ4n) is 2.32. The number of methoxy groups -OCH3 is 1. The number of amides is 1. The fourth-order valence-corrected chi connectivity index (χ4v) is 2.32. The SMILES string of the molecule is COc1cc(C(N)=O)ncc1C1CCC(=O)CC1. The largest absolute Gasteiger partial charge is 0.496 e. The number of pyridine rings is 1. The van der Waals surface area contributed by atoms with E-state index in [1.165, 1.54) is 0 Å². The summed E-state index contributed by atoms with van der Waals surface area (Å²) in [5, 5.41) is 0. The highest BCUT2D eigenvalue weighted by atomic mass is 16.5. The van der Waals surface area contributed by atoms with Gasteiger partial charge in [-0.25, -0.2) is 0 Å². The van der Waals surface area contributed by atoms with Gasteiger partial charge in [-0.3, -0.25) is 14.6 Å². The van der Waals surface area contributed by atoms with Crippen LogP contribution < -0.4 is 10.5 Å². The molecule has 5 nitrogen and oxygen atoms in total. The van der Waals surface area contributed by atoms with Crippen LogP contribution in [0.2, 0.25) is 0 Å². The second kappa shape index (κ2) is 5.16. The first kappa shape index (κ1) is 12.5. The third-order valence-electron chi connectivity index (χ3n) is 3.35. The smallest absolute Gasteiger partial charge is 0.267 e. The maximum atomic E-state index is 11.2. The minimum Gasteiger partial charge on any atom is -0.496 e. The molecule has 1 amide bonds. The highest BCUT2D eigenvalue weighted by Gasteiger charge is 2.23. The number of nitrogens with zero attached hydrogens (tertiary/aromatic N) is 1. The van der Waals surface area contributed by atoms with Crippen LogP contribution in [0.3, 0.4) is 0 Å². The van der Waals surface area contributed by atoms with Crippen LogP contribution >= 0.6 is 0 Å². The number of carbonyl (C=O) groups excluding carboxylic acids is 2. The maximum absolute atomic E-state index is 11.2. The molecule has 1 aromatic rings. The summed E-state index contributed by atoms with van der Waals surface area (Å²) in [5.41, 5.74) is 6.33. The van der Waals surface area contributed by atoms with E-state index in [1.54, 1.807) is 19.4 Å². The zero-order chi connectivity index (χ0) is 13.1. The summed E-state index contributed by atoms with van der Waals surface area (Å²) in [6.07, 6.45) is 4.47. The highest BCUT2D eigenvalue weighted by Crippen LogP contribution is 2.36. The lowest BCUT2D eigenvalue weighted by Crippen LogP contribution is -2.16. The molecule has 0 aliphatic heterocycles. The Balaban J connectivity index is 2.27. The fraction of sp³-hybridized carbons (Fsp3) is 0.462. The van der Waals surface area contributed by atoms with Crippen molar-refractivity contribution in [1.82, 2.24) is 4.98 Å². The summed E-state index contributed by atoms with van der Waals surface area (Å²) in [5.74, 6) is 0.635. The van der Waals surface area contributed by atoms with Gasteiger partial charge in [0.05, 0.1) is 7.11 Å². The van der Waals surface area contributed by atoms with Crippen LogP contribution in [-0.2, 0) is 4.79 Å². The Kier molecular flexibility index (Phi) is 3.60. The molecule has 18 heavy (non-hydrogen) atoms.